The molecule has 4 heterocycles. The molecule has 2 aromatic heterocycles. The number of hydrogen-bond acceptors (Lipinski definition) is 5. The van der Waals surface area contributed by atoms with Crippen molar-refractivity contribution in [2.45, 2.75) is 37.0 Å². The van der Waals surface area contributed by atoms with Crippen LogP contribution in [0.2, 0.25) is 0 Å². The summed E-state index contributed by atoms with van der Waals surface area (Å²) in [6.07, 6.45) is 9.15. The predicted molar refractivity (Wildman–Crippen MR) is 120 cm³/mol. The maximum Gasteiger partial charge on any atom is 0.268 e. The van der Waals surface area contributed by atoms with Crippen molar-refractivity contribution >= 4 is 26.7 Å². The Morgan fingerprint density at radius 3 is 2.50 bits per heavy atom. The van der Waals surface area contributed by atoms with E-state index in [2.05, 4.69) is 14.8 Å². The van der Waals surface area contributed by atoms with E-state index in [4.69, 9.17) is 0 Å². The average Bonchev–Trinajstić information content (AvgIpc) is 3.53. The fraction of sp³-hybridized carbons (Fsp3) is 0.435. The summed E-state index contributed by atoms with van der Waals surface area (Å²) in [5.74, 6) is 0. The van der Waals surface area contributed by atoms with Gasteiger partial charge in [0.25, 0.3) is 10.0 Å². The zero-order chi connectivity index (χ0) is 20.6. The van der Waals surface area contributed by atoms with Crippen LogP contribution in [0.3, 0.4) is 0 Å². The summed E-state index contributed by atoms with van der Waals surface area (Å²) in [6, 6.07) is 11.0. The summed E-state index contributed by atoms with van der Waals surface area (Å²) in [7, 11) is -3.70. The Kier molecular flexibility index (Phi) is 5.25. The molecule has 0 N–H and O–H groups in total. The molecule has 0 saturated carbocycles. The molecule has 0 spiro atoms. The van der Waals surface area contributed by atoms with Crippen LogP contribution >= 0.6 is 0 Å². The second-order valence-corrected chi connectivity index (χ2v) is 10.1. The summed E-state index contributed by atoms with van der Waals surface area (Å²) in [6.45, 7) is 5.18. The van der Waals surface area contributed by atoms with E-state index in [0.717, 1.165) is 68.8 Å². The predicted octanol–water partition coefficient (Wildman–Crippen LogP) is 3.51. The van der Waals surface area contributed by atoms with E-state index in [1.54, 1.807) is 24.5 Å². The first-order valence-corrected chi connectivity index (χ1v) is 12.3. The van der Waals surface area contributed by atoms with Gasteiger partial charge >= 0.3 is 0 Å². The van der Waals surface area contributed by atoms with Gasteiger partial charge in [-0.2, -0.15) is 0 Å². The molecule has 6 nitrogen and oxygen atoms in total. The topological polar surface area (TPSA) is 58.4 Å². The molecule has 2 saturated heterocycles. The van der Waals surface area contributed by atoms with Crippen LogP contribution in [-0.2, 0) is 16.4 Å². The zero-order valence-corrected chi connectivity index (χ0v) is 18.0. The molecule has 30 heavy (non-hydrogen) atoms. The number of fused-ring (bicyclic) bond motifs is 1. The standard InChI is InChI=1S/C23H28N4O2S/c28-30(29,21-8-5-7-20(17-21)26-14-3-4-15-26)27-18-19(10-16-25-12-1-2-13-25)23-22(27)9-6-11-24-23/h5-9,11,17-18H,1-4,10,12-16H2. The van der Waals surface area contributed by atoms with Gasteiger partial charge < -0.3 is 9.80 Å². The summed E-state index contributed by atoms with van der Waals surface area (Å²) >= 11 is 0. The van der Waals surface area contributed by atoms with E-state index in [-0.39, 0.29) is 0 Å². The summed E-state index contributed by atoms with van der Waals surface area (Å²) in [5, 5.41) is 0. The largest absolute Gasteiger partial charge is 0.371 e. The van der Waals surface area contributed by atoms with Gasteiger partial charge in [-0.25, -0.2) is 12.4 Å². The zero-order valence-electron chi connectivity index (χ0n) is 17.2. The van der Waals surface area contributed by atoms with E-state index in [0.29, 0.717) is 10.4 Å². The second kappa shape index (κ2) is 8.04. The fourth-order valence-corrected chi connectivity index (χ4v) is 6.11. The van der Waals surface area contributed by atoms with Crippen molar-refractivity contribution in [2.75, 3.05) is 37.6 Å². The maximum atomic E-state index is 13.6. The second-order valence-electron chi connectivity index (χ2n) is 8.32. The molecule has 2 aliphatic rings. The van der Waals surface area contributed by atoms with Crippen molar-refractivity contribution < 1.29 is 8.42 Å². The van der Waals surface area contributed by atoms with E-state index in [9.17, 15) is 8.42 Å². The van der Waals surface area contributed by atoms with Crippen molar-refractivity contribution in [2.24, 2.45) is 0 Å². The molecule has 7 heteroatoms. The molecule has 0 bridgehead atoms. The van der Waals surface area contributed by atoms with Crippen LogP contribution in [-0.4, -0.2) is 55.0 Å². The van der Waals surface area contributed by atoms with Crippen molar-refractivity contribution in [1.82, 2.24) is 13.9 Å². The van der Waals surface area contributed by atoms with Gasteiger partial charge in [-0.05, 0) is 81.1 Å². The van der Waals surface area contributed by atoms with Crippen LogP contribution < -0.4 is 4.90 Å². The van der Waals surface area contributed by atoms with Gasteiger partial charge in [0.15, 0.2) is 0 Å². The molecular formula is C23H28N4O2S. The molecule has 0 aliphatic carbocycles. The van der Waals surface area contributed by atoms with E-state index in [1.165, 1.54) is 16.8 Å². The smallest absolute Gasteiger partial charge is 0.268 e. The van der Waals surface area contributed by atoms with Gasteiger partial charge in [-0.15, -0.1) is 0 Å². The highest BCUT2D eigenvalue weighted by Crippen LogP contribution is 2.28. The number of benzene rings is 1. The summed E-state index contributed by atoms with van der Waals surface area (Å²) in [5.41, 5.74) is 3.42. The van der Waals surface area contributed by atoms with Gasteiger partial charge in [0.05, 0.1) is 15.9 Å². The van der Waals surface area contributed by atoms with Crippen LogP contribution in [0.1, 0.15) is 31.2 Å². The van der Waals surface area contributed by atoms with Crippen molar-refractivity contribution in [1.29, 1.82) is 0 Å². The van der Waals surface area contributed by atoms with Crippen LogP contribution in [0.15, 0.2) is 53.7 Å². The summed E-state index contributed by atoms with van der Waals surface area (Å²) in [4.78, 5) is 9.56. The third-order valence-corrected chi connectivity index (χ3v) is 8.01. The molecule has 2 aliphatic heterocycles. The molecule has 1 aromatic carbocycles. The Hall–Kier alpha value is -2.38. The average molecular weight is 425 g/mol. The van der Waals surface area contributed by atoms with E-state index >= 15 is 0 Å². The minimum Gasteiger partial charge on any atom is -0.371 e. The Morgan fingerprint density at radius 2 is 1.70 bits per heavy atom. The lowest BCUT2D eigenvalue weighted by Gasteiger charge is -2.18. The van der Waals surface area contributed by atoms with Gasteiger partial charge in [-0.3, -0.25) is 4.98 Å². The molecule has 2 fully saturated rings. The lowest BCUT2D eigenvalue weighted by atomic mass is 10.2. The molecule has 3 aromatic rings. The fourth-order valence-electron chi connectivity index (χ4n) is 4.69. The van der Waals surface area contributed by atoms with Gasteiger partial charge in [-0.1, -0.05) is 6.07 Å². The Morgan fingerprint density at radius 1 is 0.933 bits per heavy atom. The lowest BCUT2D eigenvalue weighted by Crippen LogP contribution is -2.22. The number of likely N-dealkylation sites (tertiary alicyclic amines) is 1. The van der Waals surface area contributed by atoms with Gasteiger partial charge in [0.1, 0.15) is 0 Å². The van der Waals surface area contributed by atoms with Crippen molar-refractivity contribution in [3.63, 3.8) is 0 Å². The Balaban J connectivity index is 1.51. The van der Waals surface area contributed by atoms with E-state index in [1.807, 2.05) is 24.3 Å². The van der Waals surface area contributed by atoms with Crippen LogP contribution in [0.4, 0.5) is 5.69 Å². The molecule has 158 valence electrons. The molecule has 0 radical (unpaired) electrons. The molecular weight excluding hydrogens is 396 g/mol. The first-order valence-electron chi connectivity index (χ1n) is 10.9. The van der Waals surface area contributed by atoms with Crippen molar-refractivity contribution in [3.05, 3.63) is 54.4 Å². The number of anilines is 1. The van der Waals surface area contributed by atoms with Crippen LogP contribution in [0, 0.1) is 0 Å². The number of nitrogens with zero attached hydrogens (tertiary/aromatic N) is 4. The maximum absolute atomic E-state index is 13.6. The monoisotopic (exact) mass is 424 g/mol. The quantitative estimate of drug-likeness (QED) is 0.606. The van der Waals surface area contributed by atoms with Crippen LogP contribution in [0.5, 0.6) is 0 Å². The first-order chi connectivity index (χ1) is 14.6. The van der Waals surface area contributed by atoms with E-state index < -0.39 is 10.0 Å². The third kappa shape index (κ3) is 3.61. The number of aromatic nitrogens is 2. The lowest BCUT2D eigenvalue weighted by molar-refractivity contribution is 0.344. The number of rotatable bonds is 6. The molecule has 0 amide bonds. The minimum absolute atomic E-state index is 0.332. The number of pyridine rings is 1. The van der Waals surface area contributed by atoms with Crippen LogP contribution in [0.25, 0.3) is 11.0 Å². The normalized spacial score (nSPS) is 17.9. The minimum atomic E-state index is -3.70. The molecule has 0 atom stereocenters. The Labute approximate surface area is 178 Å². The Bertz CT molecular complexity index is 1140. The SMILES string of the molecule is O=S(=O)(c1cccc(N2CCCC2)c1)n1cc(CCN2CCCC2)c2ncccc21. The first kappa shape index (κ1) is 19.6. The highest BCUT2D eigenvalue weighted by Gasteiger charge is 2.24. The van der Waals surface area contributed by atoms with Gasteiger partial charge in [0.2, 0.25) is 0 Å². The van der Waals surface area contributed by atoms with Crippen molar-refractivity contribution in [3.8, 4) is 0 Å². The number of hydrogen-bond donors (Lipinski definition) is 0. The molecule has 0 unspecified atom stereocenters. The third-order valence-electron chi connectivity index (χ3n) is 6.34. The summed E-state index contributed by atoms with van der Waals surface area (Å²) < 4.78 is 28.6. The highest BCUT2D eigenvalue weighted by atomic mass is 32.2. The van der Waals surface area contributed by atoms with Gasteiger partial charge in [0, 0.05) is 37.7 Å². The molecule has 5 rings (SSSR count). The highest BCUT2D eigenvalue weighted by molar-refractivity contribution is 7.90.